The Bertz CT molecular complexity index is 768. The first kappa shape index (κ1) is 17.9. The molecule has 0 heterocycles. The number of nitro groups is 1. The molecule has 1 aliphatic rings. The molecule has 2 rings (SSSR count). The third-order valence-electron chi connectivity index (χ3n) is 4.00. The second-order valence-corrected chi connectivity index (χ2v) is 6.20. The number of nitro benzene ring substituents is 1. The van der Waals surface area contributed by atoms with E-state index in [9.17, 15) is 14.9 Å². The van der Waals surface area contributed by atoms with Crippen molar-refractivity contribution in [2.45, 2.75) is 26.7 Å². The van der Waals surface area contributed by atoms with Gasteiger partial charge in [-0.25, -0.2) is 5.43 Å². The van der Waals surface area contributed by atoms with Crippen LogP contribution in [0.1, 0.15) is 37.0 Å². The minimum absolute atomic E-state index is 0.0155. The summed E-state index contributed by atoms with van der Waals surface area (Å²) in [6.07, 6.45) is 3.69. The molecule has 1 aliphatic carbocycles. The van der Waals surface area contributed by atoms with Crippen LogP contribution < -0.4 is 5.43 Å². The van der Waals surface area contributed by atoms with Crippen LogP contribution in [-0.2, 0) is 0 Å². The standard InChI is InChI=1S/C17H18ClN3O3/c1-10(2)12-5-4-11(3)15(8-12)19-20-17(22)13-6-7-14(18)16(9-13)21(23)24/h4,6-7,9,12H,1,5,8H2,2-3H3,(H,20,22)/t12-/m0/s1. The summed E-state index contributed by atoms with van der Waals surface area (Å²) in [6.45, 7) is 7.88. The van der Waals surface area contributed by atoms with Crippen LogP contribution in [0.25, 0.3) is 0 Å². The van der Waals surface area contributed by atoms with Crippen molar-refractivity contribution in [3.63, 3.8) is 0 Å². The van der Waals surface area contributed by atoms with Gasteiger partial charge in [0.15, 0.2) is 0 Å². The molecule has 126 valence electrons. The van der Waals surface area contributed by atoms with Crippen LogP contribution in [0.4, 0.5) is 5.69 Å². The SMILES string of the molecule is C=C(C)[C@H]1CC=C(C)C(=NNC(=O)c2ccc(Cl)c([N+](=O)[O-])c2)C1. The molecular weight excluding hydrogens is 330 g/mol. The quantitative estimate of drug-likeness (QED) is 0.501. The molecule has 1 N–H and O–H groups in total. The van der Waals surface area contributed by atoms with Crippen molar-refractivity contribution in [1.29, 1.82) is 0 Å². The smallest absolute Gasteiger partial charge is 0.267 e. The summed E-state index contributed by atoms with van der Waals surface area (Å²) in [6, 6.07) is 3.88. The number of nitrogens with one attached hydrogen (secondary N) is 1. The first-order valence-electron chi connectivity index (χ1n) is 7.43. The lowest BCUT2D eigenvalue weighted by Gasteiger charge is -2.22. The number of hydrogen-bond donors (Lipinski definition) is 1. The summed E-state index contributed by atoms with van der Waals surface area (Å²) < 4.78 is 0. The van der Waals surface area contributed by atoms with Gasteiger partial charge in [0, 0.05) is 11.6 Å². The van der Waals surface area contributed by atoms with E-state index in [1.807, 2.05) is 13.8 Å². The predicted octanol–water partition coefficient (Wildman–Crippen LogP) is 4.27. The number of amides is 1. The highest BCUT2D eigenvalue weighted by Gasteiger charge is 2.20. The molecule has 1 amide bonds. The first-order chi connectivity index (χ1) is 11.3. The fourth-order valence-corrected chi connectivity index (χ4v) is 2.59. The van der Waals surface area contributed by atoms with Crippen molar-refractivity contribution in [3.8, 4) is 0 Å². The Balaban J connectivity index is 2.16. The third-order valence-corrected chi connectivity index (χ3v) is 4.32. The summed E-state index contributed by atoms with van der Waals surface area (Å²) in [5.74, 6) is -0.214. The van der Waals surface area contributed by atoms with E-state index in [1.54, 1.807) is 0 Å². The highest BCUT2D eigenvalue weighted by molar-refractivity contribution is 6.32. The number of hydrazone groups is 1. The summed E-state index contributed by atoms with van der Waals surface area (Å²) >= 11 is 5.74. The molecule has 0 bridgehead atoms. The second-order valence-electron chi connectivity index (χ2n) is 5.79. The molecule has 0 saturated carbocycles. The van der Waals surface area contributed by atoms with Gasteiger partial charge < -0.3 is 0 Å². The fraction of sp³-hybridized carbons (Fsp3) is 0.294. The van der Waals surface area contributed by atoms with Gasteiger partial charge in [-0.3, -0.25) is 14.9 Å². The highest BCUT2D eigenvalue weighted by Crippen LogP contribution is 2.27. The molecule has 0 aliphatic heterocycles. The molecule has 1 atom stereocenters. The summed E-state index contributed by atoms with van der Waals surface area (Å²) in [5.41, 5.74) is 5.14. The number of hydrogen-bond acceptors (Lipinski definition) is 4. The molecule has 0 spiro atoms. The van der Waals surface area contributed by atoms with Gasteiger partial charge in [-0.1, -0.05) is 29.8 Å². The third kappa shape index (κ3) is 4.08. The van der Waals surface area contributed by atoms with E-state index in [2.05, 4.69) is 23.2 Å². The van der Waals surface area contributed by atoms with Gasteiger partial charge in [0.2, 0.25) is 0 Å². The molecule has 0 unspecified atom stereocenters. The summed E-state index contributed by atoms with van der Waals surface area (Å²) in [5, 5.41) is 15.1. The van der Waals surface area contributed by atoms with Gasteiger partial charge in [0.1, 0.15) is 5.02 Å². The van der Waals surface area contributed by atoms with Crippen LogP contribution >= 0.6 is 11.6 Å². The maximum absolute atomic E-state index is 12.2. The van der Waals surface area contributed by atoms with E-state index in [0.29, 0.717) is 12.3 Å². The Labute approximate surface area is 145 Å². The van der Waals surface area contributed by atoms with Crippen LogP contribution in [0, 0.1) is 16.0 Å². The average molecular weight is 348 g/mol. The molecule has 7 heteroatoms. The molecule has 6 nitrogen and oxygen atoms in total. The minimum atomic E-state index is -0.628. The van der Waals surface area contributed by atoms with Crippen molar-refractivity contribution in [2.24, 2.45) is 11.0 Å². The van der Waals surface area contributed by atoms with Crippen molar-refractivity contribution in [3.05, 3.63) is 62.7 Å². The lowest BCUT2D eigenvalue weighted by molar-refractivity contribution is -0.384. The Morgan fingerprint density at radius 1 is 1.50 bits per heavy atom. The van der Waals surface area contributed by atoms with Crippen molar-refractivity contribution >= 4 is 28.9 Å². The van der Waals surface area contributed by atoms with Gasteiger partial charge in [-0.05, 0) is 50.3 Å². The Hall–Kier alpha value is -2.47. The van der Waals surface area contributed by atoms with E-state index >= 15 is 0 Å². The average Bonchev–Trinajstić information content (AvgIpc) is 2.53. The number of halogens is 1. The number of allylic oxidation sites excluding steroid dienone is 3. The zero-order chi connectivity index (χ0) is 17.9. The molecule has 0 aromatic heterocycles. The van der Waals surface area contributed by atoms with Crippen LogP contribution in [0.2, 0.25) is 5.02 Å². The largest absolute Gasteiger partial charge is 0.288 e. The maximum atomic E-state index is 12.2. The Kier molecular flexibility index (Phi) is 5.51. The molecule has 24 heavy (non-hydrogen) atoms. The van der Waals surface area contributed by atoms with Gasteiger partial charge in [0.25, 0.3) is 11.6 Å². The van der Waals surface area contributed by atoms with Crippen LogP contribution in [0.15, 0.2) is 47.1 Å². The van der Waals surface area contributed by atoms with Crippen LogP contribution in [-0.4, -0.2) is 16.5 Å². The van der Waals surface area contributed by atoms with E-state index in [0.717, 1.165) is 29.3 Å². The van der Waals surface area contributed by atoms with Crippen LogP contribution in [0.3, 0.4) is 0 Å². The monoisotopic (exact) mass is 347 g/mol. The molecular formula is C17H18ClN3O3. The number of benzene rings is 1. The lowest BCUT2D eigenvalue weighted by Crippen LogP contribution is -2.23. The molecule has 0 fully saturated rings. The molecule has 0 radical (unpaired) electrons. The predicted molar refractivity (Wildman–Crippen MR) is 94.3 cm³/mol. The normalized spacial score (nSPS) is 18.9. The van der Waals surface area contributed by atoms with Crippen LogP contribution in [0.5, 0.6) is 0 Å². The number of carbonyl (C=O) groups is 1. The molecule has 0 saturated heterocycles. The number of carbonyl (C=O) groups excluding carboxylic acids is 1. The van der Waals surface area contributed by atoms with E-state index in [4.69, 9.17) is 11.6 Å². The van der Waals surface area contributed by atoms with Crippen molar-refractivity contribution in [2.75, 3.05) is 0 Å². The minimum Gasteiger partial charge on any atom is -0.267 e. The van der Waals surface area contributed by atoms with Gasteiger partial charge in [-0.2, -0.15) is 5.10 Å². The fourth-order valence-electron chi connectivity index (χ4n) is 2.40. The number of nitrogens with zero attached hydrogens (tertiary/aromatic N) is 2. The summed E-state index contributed by atoms with van der Waals surface area (Å²) in [7, 11) is 0. The number of rotatable bonds is 4. The Morgan fingerprint density at radius 2 is 2.21 bits per heavy atom. The first-order valence-corrected chi connectivity index (χ1v) is 7.80. The van der Waals surface area contributed by atoms with E-state index < -0.39 is 10.8 Å². The topological polar surface area (TPSA) is 84.6 Å². The van der Waals surface area contributed by atoms with E-state index in [-0.39, 0.29) is 16.3 Å². The molecule has 1 aromatic rings. The van der Waals surface area contributed by atoms with Crippen molar-refractivity contribution in [1.82, 2.24) is 5.43 Å². The Morgan fingerprint density at radius 3 is 2.83 bits per heavy atom. The summed E-state index contributed by atoms with van der Waals surface area (Å²) in [4.78, 5) is 22.4. The van der Waals surface area contributed by atoms with Gasteiger partial charge in [-0.15, -0.1) is 0 Å². The zero-order valence-corrected chi connectivity index (χ0v) is 14.3. The molecule has 1 aromatic carbocycles. The van der Waals surface area contributed by atoms with Gasteiger partial charge >= 0.3 is 0 Å². The van der Waals surface area contributed by atoms with Gasteiger partial charge in [0.05, 0.1) is 10.6 Å². The maximum Gasteiger partial charge on any atom is 0.288 e. The highest BCUT2D eigenvalue weighted by atomic mass is 35.5. The lowest BCUT2D eigenvalue weighted by atomic mass is 9.85. The van der Waals surface area contributed by atoms with Crippen molar-refractivity contribution < 1.29 is 9.72 Å². The second kappa shape index (κ2) is 7.40. The van der Waals surface area contributed by atoms with E-state index in [1.165, 1.54) is 12.1 Å². The zero-order valence-electron chi connectivity index (χ0n) is 13.5.